The van der Waals surface area contributed by atoms with Crippen LogP contribution < -0.4 is 5.56 Å². The van der Waals surface area contributed by atoms with E-state index in [9.17, 15) is 18.0 Å². The van der Waals surface area contributed by atoms with Gasteiger partial charge in [-0.1, -0.05) is 6.07 Å². The van der Waals surface area contributed by atoms with Crippen LogP contribution in [0.25, 0.3) is 10.9 Å². The summed E-state index contributed by atoms with van der Waals surface area (Å²) in [5, 5.41) is 0.872. The van der Waals surface area contributed by atoms with Crippen molar-refractivity contribution in [3.8, 4) is 0 Å². The van der Waals surface area contributed by atoms with Crippen molar-refractivity contribution >= 4 is 26.9 Å². The minimum Gasteiger partial charge on any atom is -0.465 e. The number of aromatic amines is 1. The van der Waals surface area contributed by atoms with Gasteiger partial charge in [0.2, 0.25) is 10.0 Å². The van der Waals surface area contributed by atoms with Gasteiger partial charge in [-0.05, 0) is 74.2 Å². The molecule has 0 aliphatic carbocycles. The van der Waals surface area contributed by atoms with Gasteiger partial charge in [-0.2, -0.15) is 4.31 Å². The lowest BCUT2D eigenvalue weighted by Gasteiger charge is -2.25. The second kappa shape index (κ2) is 9.69. The van der Waals surface area contributed by atoms with E-state index in [1.165, 1.54) is 35.7 Å². The molecule has 1 aliphatic heterocycles. The number of pyridine rings is 1. The fourth-order valence-electron chi connectivity index (χ4n) is 4.32. The molecule has 34 heavy (non-hydrogen) atoms. The lowest BCUT2D eigenvalue weighted by molar-refractivity contribution is 0.0600. The molecule has 1 saturated heterocycles. The second-order valence-corrected chi connectivity index (χ2v) is 10.6. The maximum atomic E-state index is 13.6. The molecule has 9 heteroatoms. The summed E-state index contributed by atoms with van der Waals surface area (Å²) in [5.74, 6) is -0.548. The Hall–Kier alpha value is -3.01. The Morgan fingerprint density at radius 2 is 1.91 bits per heavy atom. The fraction of sp³-hybridized carbons (Fsp3) is 0.360. The Morgan fingerprint density at radius 3 is 2.56 bits per heavy atom. The average Bonchev–Trinajstić information content (AvgIpc) is 3.32. The highest BCUT2D eigenvalue weighted by molar-refractivity contribution is 7.89. The number of carbonyl (C=O) groups excluding carboxylic acids is 1. The quantitative estimate of drug-likeness (QED) is 0.516. The standard InChI is InChI=1S/C25H28N2O6S/c1-16-11-17(2)22-13-19(24(28)26-23(22)12-16)14-27(15-20-5-4-10-33-20)34(30,31)21-8-6-18(7-9-21)25(29)32-3/h6-9,11-13,20H,4-5,10,14-15H2,1-3H3,(H,26,28)/t20-/m0/s1. The summed E-state index contributed by atoms with van der Waals surface area (Å²) >= 11 is 0. The van der Waals surface area contributed by atoms with E-state index < -0.39 is 16.0 Å². The summed E-state index contributed by atoms with van der Waals surface area (Å²) in [6.45, 7) is 4.54. The average molecular weight is 485 g/mol. The van der Waals surface area contributed by atoms with Gasteiger partial charge < -0.3 is 14.5 Å². The normalized spacial score (nSPS) is 16.3. The Balaban J connectivity index is 1.72. The number of ether oxygens (including phenoxy) is 2. The number of benzene rings is 2. The number of fused-ring (bicyclic) bond motifs is 1. The first-order valence-electron chi connectivity index (χ1n) is 11.1. The molecule has 4 rings (SSSR count). The van der Waals surface area contributed by atoms with Crippen LogP contribution >= 0.6 is 0 Å². The van der Waals surface area contributed by atoms with Gasteiger partial charge in [0.15, 0.2) is 0 Å². The molecular formula is C25H28N2O6S. The number of carbonyl (C=O) groups is 1. The number of aromatic nitrogens is 1. The van der Waals surface area contributed by atoms with Crippen LogP contribution in [0.5, 0.6) is 0 Å². The van der Waals surface area contributed by atoms with Crippen molar-refractivity contribution in [1.82, 2.24) is 9.29 Å². The first-order chi connectivity index (χ1) is 16.2. The monoisotopic (exact) mass is 484 g/mol. The number of nitrogens with zero attached hydrogens (tertiary/aromatic N) is 1. The summed E-state index contributed by atoms with van der Waals surface area (Å²) in [4.78, 5) is 27.5. The van der Waals surface area contributed by atoms with Gasteiger partial charge in [0.1, 0.15) is 0 Å². The molecule has 1 fully saturated rings. The molecule has 0 spiro atoms. The molecule has 0 bridgehead atoms. The van der Waals surface area contributed by atoms with Crippen LogP contribution in [0, 0.1) is 13.8 Å². The van der Waals surface area contributed by atoms with Gasteiger partial charge >= 0.3 is 5.97 Å². The van der Waals surface area contributed by atoms with Gasteiger partial charge in [0, 0.05) is 36.2 Å². The van der Waals surface area contributed by atoms with E-state index in [0.717, 1.165) is 34.9 Å². The van der Waals surface area contributed by atoms with Gasteiger partial charge in [0.05, 0.1) is 23.7 Å². The molecule has 3 aromatic rings. The van der Waals surface area contributed by atoms with Gasteiger partial charge in [-0.15, -0.1) is 0 Å². The topological polar surface area (TPSA) is 106 Å². The second-order valence-electron chi connectivity index (χ2n) is 8.62. The van der Waals surface area contributed by atoms with E-state index >= 15 is 0 Å². The number of esters is 1. The van der Waals surface area contributed by atoms with Gasteiger partial charge in [-0.3, -0.25) is 4.79 Å². The Labute approximate surface area is 198 Å². The van der Waals surface area contributed by atoms with Crippen LogP contribution in [0.4, 0.5) is 0 Å². The third kappa shape index (κ3) is 4.91. The SMILES string of the molecule is COC(=O)c1ccc(S(=O)(=O)N(Cc2cc3c(C)cc(C)cc3[nH]c2=O)C[C@@H]2CCCO2)cc1. The summed E-state index contributed by atoms with van der Waals surface area (Å²) < 4.78 is 38.9. The summed E-state index contributed by atoms with van der Waals surface area (Å²) in [7, 11) is -2.71. The number of sulfonamides is 1. The first kappa shape index (κ1) is 24.1. The molecule has 0 radical (unpaired) electrons. The lowest BCUT2D eigenvalue weighted by Crippen LogP contribution is -2.38. The van der Waals surface area contributed by atoms with E-state index in [-0.39, 0.29) is 35.2 Å². The molecule has 2 aromatic carbocycles. The number of nitrogens with one attached hydrogen (secondary N) is 1. The van der Waals surface area contributed by atoms with Crippen molar-refractivity contribution < 1.29 is 22.7 Å². The largest absolute Gasteiger partial charge is 0.465 e. The Kier molecular flexibility index (Phi) is 6.88. The van der Waals surface area contributed by atoms with Crippen LogP contribution in [0.3, 0.4) is 0 Å². The van der Waals surface area contributed by atoms with Crippen LogP contribution in [0.1, 0.15) is 39.9 Å². The van der Waals surface area contributed by atoms with Crippen molar-refractivity contribution in [2.45, 2.75) is 44.2 Å². The number of hydrogen-bond donors (Lipinski definition) is 1. The lowest BCUT2D eigenvalue weighted by atomic mass is 10.0. The third-order valence-corrected chi connectivity index (χ3v) is 7.91. The molecule has 0 amide bonds. The highest BCUT2D eigenvalue weighted by Crippen LogP contribution is 2.24. The molecule has 1 aliphatic rings. The van der Waals surface area contributed by atoms with Crippen molar-refractivity contribution in [3.05, 3.63) is 75.1 Å². The van der Waals surface area contributed by atoms with Crippen molar-refractivity contribution in [2.24, 2.45) is 0 Å². The zero-order valence-electron chi connectivity index (χ0n) is 19.5. The van der Waals surface area contributed by atoms with E-state index in [2.05, 4.69) is 9.72 Å². The zero-order valence-corrected chi connectivity index (χ0v) is 20.3. The maximum Gasteiger partial charge on any atom is 0.337 e. The number of methoxy groups -OCH3 is 1. The van der Waals surface area contributed by atoms with Crippen molar-refractivity contribution in [2.75, 3.05) is 20.3 Å². The molecule has 1 atom stereocenters. The smallest absolute Gasteiger partial charge is 0.337 e. The van der Waals surface area contributed by atoms with Gasteiger partial charge in [0.25, 0.3) is 5.56 Å². The highest BCUT2D eigenvalue weighted by Gasteiger charge is 2.30. The van der Waals surface area contributed by atoms with Crippen LogP contribution in [-0.2, 0) is 26.0 Å². The number of H-pyrrole nitrogens is 1. The molecule has 0 unspecified atom stereocenters. The molecular weight excluding hydrogens is 456 g/mol. The maximum absolute atomic E-state index is 13.6. The summed E-state index contributed by atoms with van der Waals surface area (Å²) in [5.41, 5.74) is 3.03. The molecule has 1 aromatic heterocycles. The predicted molar refractivity (Wildman–Crippen MR) is 128 cm³/mol. The number of aryl methyl sites for hydroxylation is 2. The molecule has 180 valence electrons. The Bertz CT molecular complexity index is 1370. The van der Waals surface area contributed by atoms with E-state index in [4.69, 9.17) is 4.74 Å². The molecule has 2 heterocycles. The van der Waals surface area contributed by atoms with Crippen LogP contribution in [0.2, 0.25) is 0 Å². The van der Waals surface area contributed by atoms with Crippen molar-refractivity contribution in [1.29, 1.82) is 0 Å². The predicted octanol–water partition coefficient (Wildman–Crippen LogP) is 3.30. The van der Waals surface area contributed by atoms with Gasteiger partial charge in [-0.25, -0.2) is 13.2 Å². The van der Waals surface area contributed by atoms with E-state index in [0.29, 0.717) is 12.2 Å². The number of hydrogen-bond acceptors (Lipinski definition) is 6. The zero-order chi connectivity index (χ0) is 24.5. The van der Waals surface area contributed by atoms with Crippen LogP contribution in [-0.4, -0.2) is 50.0 Å². The first-order valence-corrected chi connectivity index (χ1v) is 12.6. The highest BCUT2D eigenvalue weighted by atomic mass is 32.2. The summed E-state index contributed by atoms with van der Waals surface area (Å²) in [6, 6.07) is 11.3. The van der Waals surface area contributed by atoms with Crippen LogP contribution in [0.15, 0.2) is 52.2 Å². The van der Waals surface area contributed by atoms with Crippen molar-refractivity contribution in [3.63, 3.8) is 0 Å². The fourth-order valence-corrected chi connectivity index (χ4v) is 5.77. The minimum absolute atomic E-state index is 0.0298. The molecule has 1 N–H and O–H groups in total. The molecule has 0 saturated carbocycles. The summed E-state index contributed by atoms with van der Waals surface area (Å²) in [6.07, 6.45) is 1.37. The minimum atomic E-state index is -3.97. The third-order valence-electron chi connectivity index (χ3n) is 6.08. The Morgan fingerprint density at radius 1 is 1.18 bits per heavy atom. The molecule has 8 nitrogen and oxygen atoms in total. The van der Waals surface area contributed by atoms with E-state index in [1.807, 2.05) is 26.0 Å². The van der Waals surface area contributed by atoms with E-state index in [1.54, 1.807) is 6.07 Å². The number of rotatable bonds is 7.